The van der Waals surface area contributed by atoms with Crippen LogP contribution in [0.3, 0.4) is 0 Å². The highest BCUT2D eigenvalue weighted by Gasteiger charge is 2.18. The monoisotopic (exact) mass is 664 g/mol. The van der Waals surface area contributed by atoms with E-state index in [1.54, 1.807) is 0 Å². The molecule has 4 aromatic heterocycles. The minimum atomic E-state index is 0.927. The number of pyridine rings is 4. The molecular weight excluding hydrogens is 633 g/mol. The summed E-state index contributed by atoms with van der Waals surface area (Å²) in [7, 11) is 0. The van der Waals surface area contributed by atoms with Gasteiger partial charge in [0.1, 0.15) is 0 Å². The Bertz CT molecular complexity index is 2920. The lowest BCUT2D eigenvalue weighted by atomic mass is 9.84. The van der Waals surface area contributed by atoms with E-state index >= 15 is 0 Å². The van der Waals surface area contributed by atoms with Gasteiger partial charge in [-0.2, -0.15) is 0 Å². The third-order valence-electron chi connectivity index (χ3n) is 10.2. The van der Waals surface area contributed by atoms with E-state index in [9.17, 15) is 0 Å². The van der Waals surface area contributed by atoms with Crippen LogP contribution >= 0.6 is 0 Å². The maximum absolute atomic E-state index is 5.15. The van der Waals surface area contributed by atoms with E-state index in [0.717, 1.165) is 79.0 Å². The first-order valence-corrected chi connectivity index (χ1v) is 17.8. The normalized spacial score (nSPS) is 13.1. The Hall–Kier alpha value is -6.78. The van der Waals surface area contributed by atoms with E-state index in [1.165, 1.54) is 33.4 Å². The summed E-state index contributed by atoms with van der Waals surface area (Å²) in [6.07, 6.45) is 10.2. The molecule has 0 amide bonds. The first-order chi connectivity index (χ1) is 25.8. The molecule has 244 valence electrons. The number of benzene rings is 5. The average molecular weight is 665 g/mol. The zero-order valence-corrected chi connectivity index (χ0v) is 28.4. The van der Waals surface area contributed by atoms with Gasteiger partial charge in [-0.25, -0.2) is 9.97 Å². The van der Waals surface area contributed by atoms with Crippen LogP contribution in [0.2, 0.25) is 0 Å². The lowest BCUT2D eigenvalue weighted by Gasteiger charge is -2.20. The topological polar surface area (TPSA) is 51.6 Å². The van der Waals surface area contributed by atoms with Gasteiger partial charge in [0.15, 0.2) is 0 Å². The summed E-state index contributed by atoms with van der Waals surface area (Å²) >= 11 is 0. The maximum atomic E-state index is 5.15. The predicted molar refractivity (Wildman–Crippen MR) is 216 cm³/mol. The van der Waals surface area contributed by atoms with Crippen LogP contribution in [0.15, 0.2) is 170 Å². The smallest absolute Gasteiger partial charge is 0.0972 e. The second-order valence-corrected chi connectivity index (χ2v) is 13.4. The first kappa shape index (κ1) is 30.1. The van der Waals surface area contributed by atoms with Crippen LogP contribution in [0.4, 0.5) is 0 Å². The zero-order valence-electron chi connectivity index (χ0n) is 28.4. The fraction of sp³-hybridized carbons (Fsp3) is 0.0417. The number of hydrogen-bond acceptors (Lipinski definition) is 4. The number of rotatable bonds is 5. The molecule has 10 rings (SSSR count). The van der Waals surface area contributed by atoms with Crippen molar-refractivity contribution >= 4 is 54.8 Å². The van der Waals surface area contributed by atoms with Crippen LogP contribution in [-0.4, -0.2) is 19.9 Å². The van der Waals surface area contributed by atoms with Crippen molar-refractivity contribution in [2.75, 3.05) is 0 Å². The Kier molecular flexibility index (Phi) is 7.24. The summed E-state index contributed by atoms with van der Waals surface area (Å²) < 4.78 is 0. The van der Waals surface area contributed by atoms with Gasteiger partial charge in [0.05, 0.1) is 33.5 Å². The summed E-state index contributed by atoms with van der Waals surface area (Å²) in [5.41, 5.74) is 15.2. The SMILES string of the molecule is C1=CC(c2cccc(-c3ccc4ccc5cccnc5c4n3)c2)=C(c2ccccc2-c2cccc(-c3ccc4ccc5cccnc5c4n3)c2)CC1. The molecule has 0 aliphatic heterocycles. The molecule has 52 heavy (non-hydrogen) atoms. The number of aromatic nitrogens is 4. The molecule has 4 heteroatoms. The van der Waals surface area contributed by atoms with Crippen LogP contribution < -0.4 is 0 Å². The Morgan fingerprint density at radius 2 is 0.923 bits per heavy atom. The van der Waals surface area contributed by atoms with Crippen LogP contribution in [0.1, 0.15) is 24.0 Å². The van der Waals surface area contributed by atoms with E-state index in [2.05, 4.69) is 156 Å². The first-order valence-electron chi connectivity index (χ1n) is 17.8. The minimum Gasteiger partial charge on any atom is -0.254 e. The summed E-state index contributed by atoms with van der Waals surface area (Å²) in [6, 6.07) is 51.5. The molecule has 0 N–H and O–H groups in total. The van der Waals surface area contributed by atoms with E-state index in [0.29, 0.717) is 0 Å². The van der Waals surface area contributed by atoms with Gasteiger partial charge in [-0.1, -0.05) is 121 Å². The minimum absolute atomic E-state index is 0.927. The van der Waals surface area contributed by atoms with Crippen LogP contribution in [-0.2, 0) is 0 Å². The largest absolute Gasteiger partial charge is 0.254 e. The van der Waals surface area contributed by atoms with Crippen molar-refractivity contribution in [2.45, 2.75) is 12.8 Å². The molecular formula is C48H32N4. The Morgan fingerprint density at radius 1 is 0.404 bits per heavy atom. The van der Waals surface area contributed by atoms with E-state index < -0.39 is 0 Å². The molecule has 4 heterocycles. The Morgan fingerprint density at radius 3 is 1.56 bits per heavy atom. The molecule has 1 aliphatic rings. The molecule has 1 aliphatic carbocycles. The second-order valence-electron chi connectivity index (χ2n) is 13.4. The van der Waals surface area contributed by atoms with Gasteiger partial charge in [0.25, 0.3) is 0 Å². The summed E-state index contributed by atoms with van der Waals surface area (Å²) in [6.45, 7) is 0. The summed E-state index contributed by atoms with van der Waals surface area (Å²) in [5, 5.41) is 4.37. The van der Waals surface area contributed by atoms with Crippen molar-refractivity contribution in [2.24, 2.45) is 0 Å². The molecule has 0 fully saturated rings. The highest BCUT2D eigenvalue weighted by Crippen LogP contribution is 2.40. The molecule has 0 bridgehead atoms. The van der Waals surface area contributed by atoms with Gasteiger partial charge in [0, 0.05) is 45.1 Å². The molecule has 0 saturated carbocycles. The van der Waals surface area contributed by atoms with E-state index in [1.807, 2.05) is 24.5 Å². The maximum Gasteiger partial charge on any atom is 0.0972 e. The van der Waals surface area contributed by atoms with Crippen LogP contribution in [0.25, 0.3) is 88.4 Å². The second kappa shape index (κ2) is 12.5. The predicted octanol–water partition coefficient (Wildman–Crippen LogP) is 12.1. The molecule has 0 radical (unpaired) electrons. The quantitative estimate of drug-likeness (QED) is 0.172. The molecule has 0 unspecified atom stereocenters. The zero-order chi connectivity index (χ0) is 34.4. The average Bonchev–Trinajstić information content (AvgIpc) is 3.23. The molecule has 9 aromatic rings. The number of hydrogen-bond donors (Lipinski definition) is 0. The highest BCUT2D eigenvalue weighted by atomic mass is 14.8. The van der Waals surface area contributed by atoms with Gasteiger partial charge in [-0.05, 0) is 82.6 Å². The summed E-state index contributed by atoms with van der Waals surface area (Å²) in [4.78, 5) is 19.6. The van der Waals surface area contributed by atoms with Crippen molar-refractivity contribution in [1.29, 1.82) is 0 Å². The van der Waals surface area contributed by atoms with Gasteiger partial charge >= 0.3 is 0 Å². The molecule has 0 atom stereocenters. The van der Waals surface area contributed by atoms with Crippen molar-refractivity contribution in [3.63, 3.8) is 0 Å². The molecule has 5 aromatic carbocycles. The molecule has 0 spiro atoms. The Balaban J connectivity index is 1.06. The van der Waals surface area contributed by atoms with Gasteiger partial charge < -0.3 is 0 Å². The number of fused-ring (bicyclic) bond motifs is 6. The number of nitrogens with zero attached hydrogens (tertiary/aromatic N) is 4. The molecule has 4 nitrogen and oxygen atoms in total. The third-order valence-corrected chi connectivity index (χ3v) is 10.2. The van der Waals surface area contributed by atoms with E-state index in [4.69, 9.17) is 9.97 Å². The third kappa shape index (κ3) is 5.24. The van der Waals surface area contributed by atoms with Crippen molar-refractivity contribution in [3.05, 3.63) is 181 Å². The summed E-state index contributed by atoms with van der Waals surface area (Å²) in [5.74, 6) is 0. The lowest BCUT2D eigenvalue weighted by Crippen LogP contribution is -1.98. The van der Waals surface area contributed by atoms with Crippen molar-refractivity contribution < 1.29 is 0 Å². The van der Waals surface area contributed by atoms with Crippen molar-refractivity contribution in [3.8, 4) is 33.6 Å². The lowest BCUT2D eigenvalue weighted by molar-refractivity contribution is 1.06. The van der Waals surface area contributed by atoms with Gasteiger partial charge in [-0.15, -0.1) is 0 Å². The van der Waals surface area contributed by atoms with E-state index in [-0.39, 0.29) is 0 Å². The Labute approximate surface area is 301 Å². The highest BCUT2D eigenvalue weighted by molar-refractivity contribution is 6.05. The fourth-order valence-corrected chi connectivity index (χ4v) is 7.67. The standard InChI is InChI=1S/C48H32N4/c1-3-17-41(39(15-1)35-9-5-11-37(29-35)43-25-23-33-21-19-31-13-7-27-49-45(31)47(33)51-43)42-18-4-2-16-40(42)36-10-6-12-38(30-36)44-26-24-34-22-20-32-14-8-28-50-46(32)48(34)52-44/h1-3,5-17,19-30H,4,18H2. The van der Waals surface area contributed by atoms with Gasteiger partial charge in [-0.3, -0.25) is 9.97 Å². The van der Waals surface area contributed by atoms with Gasteiger partial charge in [0.2, 0.25) is 0 Å². The van der Waals surface area contributed by atoms with Crippen molar-refractivity contribution in [1.82, 2.24) is 19.9 Å². The fourth-order valence-electron chi connectivity index (χ4n) is 7.67. The van der Waals surface area contributed by atoms with Crippen LogP contribution in [0, 0.1) is 0 Å². The van der Waals surface area contributed by atoms with Crippen LogP contribution in [0.5, 0.6) is 0 Å². The molecule has 0 saturated heterocycles. The number of allylic oxidation sites excluding steroid dienone is 4.